The van der Waals surface area contributed by atoms with Crippen LogP contribution >= 0.6 is 12.4 Å². The second-order valence-electron chi connectivity index (χ2n) is 5.01. The van der Waals surface area contributed by atoms with E-state index >= 15 is 0 Å². The Bertz CT molecular complexity index is 880. The van der Waals surface area contributed by atoms with Crippen LogP contribution in [-0.4, -0.2) is 15.9 Å². The van der Waals surface area contributed by atoms with Crippen LogP contribution in [0, 0.1) is 0 Å². The largest absolute Gasteiger partial charge is 0.384 e. The molecule has 3 aromatic rings. The molecule has 4 N–H and O–H groups in total. The lowest BCUT2D eigenvalue weighted by molar-refractivity contribution is 0.100. The fourth-order valence-corrected chi connectivity index (χ4v) is 2.64. The number of nitrogens with zero attached hydrogens (tertiary/aromatic N) is 2. The number of carbonyl (C=O) groups excluding carboxylic acids is 1. The Hall–Kier alpha value is -2.66. The van der Waals surface area contributed by atoms with E-state index in [4.69, 9.17) is 11.5 Å². The van der Waals surface area contributed by atoms with E-state index in [1.165, 1.54) is 0 Å². The number of primary amides is 1. The van der Waals surface area contributed by atoms with Crippen molar-refractivity contribution in [2.24, 2.45) is 5.73 Å². The van der Waals surface area contributed by atoms with Gasteiger partial charge in [0.25, 0.3) is 0 Å². The molecular formula is C17H17ClN4O. The summed E-state index contributed by atoms with van der Waals surface area (Å²) in [6, 6.07) is 11.0. The Labute approximate surface area is 140 Å². The van der Waals surface area contributed by atoms with E-state index in [9.17, 15) is 4.79 Å². The number of carbonyl (C=O) groups is 1. The molecule has 0 unspecified atom stereocenters. The third-order valence-corrected chi connectivity index (χ3v) is 3.64. The maximum atomic E-state index is 11.9. The topological polar surface area (TPSA) is 94.9 Å². The van der Waals surface area contributed by atoms with E-state index in [1.54, 1.807) is 18.3 Å². The predicted molar refractivity (Wildman–Crippen MR) is 94.5 cm³/mol. The van der Waals surface area contributed by atoms with Crippen molar-refractivity contribution in [1.82, 2.24) is 9.97 Å². The van der Waals surface area contributed by atoms with Crippen LogP contribution in [0.5, 0.6) is 0 Å². The second kappa shape index (κ2) is 6.62. The standard InChI is InChI=1S/C17H16N4O.ClH/c1-2-13-11(7-8-14(18)21-13)15-12(17(19)22)6-5-10-4-3-9-20-16(10)15;/h3-9H,2H2,1H3,(H2,18,21)(H2,19,22);1H. The summed E-state index contributed by atoms with van der Waals surface area (Å²) in [4.78, 5) is 20.7. The third kappa shape index (κ3) is 2.96. The van der Waals surface area contributed by atoms with Crippen molar-refractivity contribution >= 4 is 35.0 Å². The Balaban J connectivity index is 0.00000192. The molecule has 0 radical (unpaired) electrons. The van der Waals surface area contributed by atoms with Gasteiger partial charge in [0.05, 0.1) is 11.2 Å². The highest BCUT2D eigenvalue weighted by molar-refractivity contribution is 6.08. The van der Waals surface area contributed by atoms with E-state index < -0.39 is 5.91 Å². The van der Waals surface area contributed by atoms with Gasteiger partial charge in [-0.3, -0.25) is 9.78 Å². The molecule has 23 heavy (non-hydrogen) atoms. The number of hydrogen-bond donors (Lipinski definition) is 2. The minimum absolute atomic E-state index is 0. The maximum absolute atomic E-state index is 11.9. The van der Waals surface area contributed by atoms with Gasteiger partial charge in [-0.2, -0.15) is 0 Å². The van der Waals surface area contributed by atoms with Crippen LogP contribution < -0.4 is 11.5 Å². The number of aromatic nitrogens is 2. The molecule has 0 aliphatic carbocycles. The second-order valence-corrected chi connectivity index (χ2v) is 5.01. The summed E-state index contributed by atoms with van der Waals surface area (Å²) in [6.07, 6.45) is 2.40. The number of pyridine rings is 2. The van der Waals surface area contributed by atoms with Gasteiger partial charge in [-0.05, 0) is 30.7 Å². The minimum atomic E-state index is -0.485. The molecule has 5 nitrogen and oxygen atoms in total. The number of hydrogen-bond acceptors (Lipinski definition) is 4. The van der Waals surface area contributed by atoms with Crippen LogP contribution in [-0.2, 0) is 6.42 Å². The predicted octanol–water partition coefficient (Wildman–Crippen LogP) is 2.96. The van der Waals surface area contributed by atoms with Crippen LogP contribution in [0.4, 0.5) is 5.82 Å². The molecule has 0 fully saturated rings. The molecule has 118 valence electrons. The van der Waals surface area contributed by atoms with Crippen molar-refractivity contribution < 1.29 is 4.79 Å². The first-order valence-electron chi connectivity index (χ1n) is 7.05. The van der Waals surface area contributed by atoms with Gasteiger partial charge in [0, 0.05) is 28.3 Å². The fourth-order valence-electron chi connectivity index (χ4n) is 2.64. The fraction of sp³-hybridized carbons (Fsp3) is 0.118. The zero-order valence-corrected chi connectivity index (χ0v) is 13.4. The number of benzene rings is 1. The van der Waals surface area contributed by atoms with Gasteiger partial charge in [-0.15, -0.1) is 12.4 Å². The zero-order valence-electron chi connectivity index (χ0n) is 12.6. The molecule has 0 bridgehead atoms. The van der Waals surface area contributed by atoms with Crippen LogP contribution in [0.15, 0.2) is 42.6 Å². The summed E-state index contributed by atoms with van der Waals surface area (Å²) in [6.45, 7) is 1.99. The van der Waals surface area contributed by atoms with Gasteiger partial charge < -0.3 is 11.5 Å². The Morgan fingerprint density at radius 1 is 1.17 bits per heavy atom. The summed E-state index contributed by atoms with van der Waals surface area (Å²) in [5.41, 5.74) is 14.9. The number of halogens is 1. The average molecular weight is 329 g/mol. The highest BCUT2D eigenvalue weighted by atomic mass is 35.5. The van der Waals surface area contributed by atoms with Crippen molar-refractivity contribution in [3.8, 4) is 11.1 Å². The van der Waals surface area contributed by atoms with Gasteiger partial charge in [0.2, 0.25) is 5.91 Å². The SMILES string of the molecule is CCc1nc(N)ccc1-c1c(C(N)=O)ccc2cccnc12.Cl. The summed E-state index contributed by atoms with van der Waals surface area (Å²) in [5, 5.41) is 0.946. The van der Waals surface area contributed by atoms with E-state index in [1.807, 2.05) is 31.2 Å². The molecule has 6 heteroatoms. The molecule has 1 amide bonds. The zero-order chi connectivity index (χ0) is 15.7. The lowest BCUT2D eigenvalue weighted by Crippen LogP contribution is -2.13. The van der Waals surface area contributed by atoms with Crippen molar-refractivity contribution in [1.29, 1.82) is 0 Å². The quantitative estimate of drug-likeness (QED) is 0.772. The molecule has 1 aromatic carbocycles. The summed E-state index contributed by atoms with van der Waals surface area (Å²) in [7, 11) is 0. The van der Waals surface area contributed by atoms with Crippen LogP contribution in [0.3, 0.4) is 0 Å². The molecule has 3 rings (SSSR count). The van der Waals surface area contributed by atoms with E-state index in [0.29, 0.717) is 17.8 Å². The monoisotopic (exact) mass is 328 g/mol. The maximum Gasteiger partial charge on any atom is 0.249 e. The van der Waals surface area contributed by atoms with Gasteiger partial charge in [-0.25, -0.2) is 4.98 Å². The smallest absolute Gasteiger partial charge is 0.249 e. The number of anilines is 1. The van der Waals surface area contributed by atoms with Crippen molar-refractivity contribution in [3.05, 3.63) is 53.9 Å². The van der Waals surface area contributed by atoms with Gasteiger partial charge >= 0.3 is 0 Å². The molecule has 0 saturated carbocycles. The van der Waals surface area contributed by atoms with E-state index in [2.05, 4.69) is 9.97 Å². The average Bonchev–Trinajstić information content (AvgIpc) is 2.53. The van der Waals surface area contributed by atoms with E-state index in [-0.39, 0.29) is 12.4 Å². The number of nitrogens with two attached hydrogens (primary N) is 2. The highest BCUT2D eigenvalue weighted by Crippen LogP contribution is 2.33. The molecule has 0 spiro atoms. The molecule has 0 aliphatic heterocycles. The third-order valence-electron chi connectivity index (χ3n) is 3.64. The number of aryl methyl sites for hydroxylation is 1. The number of fused-ring (bicyclic) bond motifs is 1. The summed E-state index contributed by atoms with van der Waals surface area (Å²) in [5.74, 6) is -0.0316. The summed E-state index contributed by atoms with van der Waals surface area (Å²) < 4.78 is 0. The van der Waals surface area contributed by atoms with Crippen LogP contribution in [0.25, 0.3) is 22.0 Å². The lowest BCUT2D eigenvalue weighted by Gasteiger charge is -2.13. The van der Waals surface area contributed by atoms with Crippen LogP contribution in [0.2, 0.25) is 0 Å². The molecule has 2 heterocycles. The van der Waals surface area contributed by atoms with Gasteiger partial charge in [-0.1, -0.05) is 19.1 Å². The molecule has 0 aliphatic rings. The highest BCUT2D eigenvalue weighted by Gasteiger charge is 2.17. The minimum Gasteiger partial charge on any atom is -0.384 e. The number of nitrogen functional groups attached to an aromatic ring is 1. The van der Waals surface area contributed by atoms with Crippen molar-refractivity contribution in [2.45, 2.75) is 13.3 Å². The first-order valence-corrected chi connectivity index (χ1v) is 7.05. The number of amides is 1. The van der Waals surface area contributed by atoms with E-state index in [0.717, 1.165) is 27.7 Å². The first-order chi connectivity index (χ1) is 10.6. The number of rotatable bonds is 3. The molecule has 0 atom stereocenters. The Morgan fingerprint density at radius 2 is 1.96 bits per heavy atom. The molecular weight excluding hydrogens is 312 g/mol. The Morgan fingerprint density at radius 3 is 2.65 bits per heavy atom. The van der Waals surface area contributed by atoms with Gasteiger partial charge in [0.15, 0.2) is 0 Å². The normalized spacial score (nSPS) is 10.3. The van der Waals surface area contributed by atoms with Gasteiger partial charge in [0.1, 0.15) is 5.82 Å². The lowest BCUT2D eigenvalue weighted by atomic mass is 9.94. The van der Waals surface area contributed by atoms with Crippen molar-refractivity contribution in [3.63, 3.8) is 0 Å². The first kappa shape index (κ1) is 16.7. The van der Waals surface area contributed by atoms with Crippen molar-refractivity contribution in [2.75, 3.05) is 5.73 Å². The molecule has 0 saturated heterocycles. The summed E-state index contributed by atoms with van der Waals surface area (Å²) >= 11 is 0. The van der Waals surface area contributed by atoms with Crippen LogP contribution in [0.1, 0.15) is 23.0 Å². The molecule has 2 aromatic heterocycles. The Kier molecular flexibility index (Phi) is 4.81.